The molecule has 0 fully saturated rings. The van der Waals surface area contributed by atoms with Gasteiger partial charge in [-0.25, -0.2) is 0 Å². The fraction of sp³-hybridized carbons (Fsp3) is 0.455. The average Bonchev–Trinajstić information content (AvgIpc) is 2.59. The van der Waals surface area contributed by atoms with Gasteiger partial charge in [0.15, 0.2) is 0 Å². The number of aliphatic hydroxyl groups excluding tert-OH is 1. The fourth-order valence-electron chi connectivity index (χ4n) is 3.54. The van der Waals surface area contributed by atoms with Crippen LogP contribution in [0.15, 0.2) is 60.7 Å². The van der Waals surface area contributed by atoms with E-state index in [-0.39, 0.29) is 11.6 Å². The summed E-state index contributed by atoms with van der Waals surface area (Å²) in [5.74, 6) is 0.475. The van der Waals surface area contributed by atoms with Crippen molar-refractivity contribution in [1.29, 1.82) is 0 Å². The molecule has 0 radical (unpaired) electrons. The molecule has 0 aromatic heterocycles. The lowest BCUT2D eigenvalue weighted by Crippen LogP contribution is -2.66. The van der Waals surface area contributed by atoms with Crippen LogP contribution in [0.1, 0.15) is 40.5 Å². The summed E-state index contributed by atoms with van der Waals surface area (Å²) in [6, 6.07) is 21.5. The van der Waals surface area contributed by atoms with E-state index >= 15 is 0 Å². The molecule has 25 heavy (non-hydrogen) atoms. The molecule has 0 amide bonds. The van der Waals surface area contributed by atoms with Crippen LogP contribution in [0.4, 0.5) is 0 Å². The SMILES string of the molecule is C[C@@H](CCO)CCO[Si](c1ccccc1)(c1ccccc1)C(C)(C)C. The predicted molar refractivity (Wildman–Crippen MR) is 109 cm³/mol. The molecule has 2 aromatic carbocycles. The molecule has 1 N–H and O–H groups in total. The van der Waals surface area contributed by atoms with Crippen molar-refractivity contribution in [2.24, 2.45) is 5.92 Å². The van der Waals surface area contributed by atoms with Gasteiger partial charge in [0.05, 0.1) is 0 Å². The van der Waals surface area contributed by atoms with Crippen molar-refractivity contribution >= 4 is 18.7 Å². The largest absolute Gasteiger partial charge is 0.407 e. The summed E-state index contributed by atoms with van der Waals surface area (Å²) in [5, 5.41) is 11.8. The van der Waals surface area contributed by atoms with Crippen molar-refractivity contribution < 1.29 is 9.53 Å². The van der Waals surface area contributed by atoms with Gasteiger partial charge in [-0.2, -0.15) is 0 Å². The molecule has 136 valence electrons. The van der Waals surface area contributed by atoms with Gasteiger partial charge in [-0.15, -0.1) is 0 Å². The van der Waals surface area contributed by atoms with Crippen LogP contribution in [0.5, 0.6) is 0 Å². The highest BCUT2D eigenvalue weighted by Gasteiger charge is 2.49. The molecule has 0 saturated carbocycles. The monoisotopic (exact) mass is 356 g/mol. The lowest BCUT2D eigenvalue weighted by atomic mass is 10.1. The van der Waals surface area contributed by atoms with Crippen molar-refractivity contribution in [1.82, 2.24) is 0 Å². The number of benzene rings is 2. The normalized spacial score (nSPS) is 13.6. The Bertz CT molecular complexity index is 580. The van der Waals surface area contributed by atoms with Gasteiger partial charge >= 0.3 is 0 Å². The van der Waals surface area contributed by atoms with Crippen LogP contribution in [0.3, 0.4) is 0 Å². The first kappa shape index (κ1) is 19.9. The maximum absolute atomic E-state index is 9.15. The molecule has 2 rings (SSSR count). The van der Waals surface area contributed by atoms with E-state index in [9.17, 15) is 0 Å². The minimum absolute atomic E-state index is 0.0237. The van der Waals surface area contributed by atoms with Gasteiger partial charge in [-0.1, -0.05) is 88.4 Å². The first-order valence-electron chi connectivity index (χ1n) is 9.27. The zero-order valence-electron chi connectivity index (χ0n) is 16.0. The van der Waals surface area contributed by atoms with Crippen LogP contribution in [0.25, 0.3) is 0 Å². The molecule has 0 aliphatic carbocycles. The molecule has 0 spiro atoms. The first-order chi connectivity index (χ1) is 11.9. The Morgan fingerprint density at radius 3 is 1.76 bits per heavy atom. The van der Waals surface area contributed by atoms with Gasteiger partial charge in [0.25, 0.3) is 8.32 Å². The topological polar surface area (TPSA) is 29.5 Å². The molecular formula is C22H32O2Si. The second-order valence-electron chi connectivity index (χ2n) is 7.92. The molecule has 1 atom stereocenters. The number of rotatable bonds is 8. The number of aliphatic hydroxyl groups is 1. The van der Waals surface area contributed by atoms with Gasteiger partial charge in [-0.3, -0.25) is 0 Å². The minimum Gasteiger partial charge on any atom is -0.407 e. The van der Waals surface area contributed by atoms with E-state index in [1.165, 1.54) is 10.4 Å². The van der Waals surface area contributed by atoms with Crippen LogP contribution in [-0.4, -0.2) is 26.6 Å². The summed E-state index contributed by atoms with van der Waals surface area (Å²) in [4.78, 5) is 0. The highest BCUT2D eigenvalue weighted by atomic mass is 28.4. The molecule has 2 aromatic rings. The van der Waals surface area contributed by atoms with Gasteiger partial charge in [-0.05, 0) is 34.2 Å². The molecule has 0 saturated heterocycles. The van der Waals surface area contributed by atoms with E-state index in [2.05, 4.69) is 88.4 Å². The van der Waals surface area contributed by atoms with Crippen molar-refractivity contribution in [2.45, 2.75) is 45.6 Å². The highest BCUT2D eigenvalue weighted by molar-refractivity contribution is 6.99. The van der Waals surface area contributed by atoms with Gasteiger partial charge in [0.1, 0.15) is 0 Å². The molecule has 0 bridgehead atoms. The third-order valence-electron chi connectivity index (χ3n) is 4.97. The molecule has 0 aliphatic heterocycles. The number of hydrogen-bond donors (Lipinski definition) is 1. The second kappa shape index (κ2) is 8.79. The van der Waals surface area contributed by atoms with Crippen LogP contribution in [-0.2, 0) is 4.43 Å². The summed E-state index contributed by atoms with van der Waals surface area (Å²) < 4.78 is 6.84. The summed E-state index contributed by atoms with van der Waals surface area (Å²) in [6.45, 7) is 10.1. The van der Waals surface area contributed by atoms with Crippen LogP contribution < -0.4 is 10.4 Å². The van der Waals surface area contributed by atoms with Gasteiger partial charge in [0, 0.05) is 13.2 Å². The van der Waals surface area contributed by atoms with Crippen LogP contribution >= 0.6 is 0 Å². The molecular weight excluding hydrogens is 324 g/mol. The van der Waals surface area contributed by atoms with E-state index in [1.807, 2.05) is 0 Å². The maximum Gasteiger partial charge on any atom is 0.261 e. The molecule has 0 unspecified atom stereocenters. The summed E-state index contributed by atoms with van der Waals surface area (Å²) >= 11 is 0. The summed E-state index contributed by atoms with van der Waals surface area (Å²) in [7, 11) is -2.40. The molecule has 0 heterocycles. The number of hydrogen-bond acceptors (Lipinski definition) is 2. The third-order valence-corrected chi connectivity index (χ3v) is 10.0. The fourth-order valence-corrected chi connectivity index (χ4v) is 8.12. The van der Waals surface area contributed by atoms with E-state index in [0.717, 1.165) is 19.4 Å². The standard InChI is InChI=1S/C22H32O2Si/c1-19(15-17-23)16-18-24-25(22(2,3)4,20-11-7-5-8-12-20)21-13-9-6-10-14-21/h5-14,19,23H,15-18H2,1-4H3/t19-/m0/s1. The third kappa shape index (κ3) is 4.60. The zero-order chi connectivity index (χ0) is 18.3. The van der Waals surface area contributed by atoms with Gasteiger partial charge in [0.2, 0.25) is 0 Å². The van der Waals surface area contributed by atoms with Crippen molar-refractivity contribution in [3.63, 3.8) is 0 Å². The van der Waals surface area contributed by atoms with Crippen molar-refractivity contribution in [2.75, 3.05) is 13.2 Å². The smallest absolute Gasteiger partial charge is 0.261 e. The summed E-state index contributed by atoms with van der Waals surface area (Å²) in [6.07, 6.45) is 1.81. The predicted octanol–water partition coefficient (Wildman–Crippen LogP) is 3.97. The molecule has 2 nitrogen and oxygen atoms in total. The van der Waals surface area contributed by atoms with E-state index in [1.54, 1.807) is 0 Å². The molecule has 3 heteroatoms. The Morgan fingerprint density at radius 1 is 0.880 bits per heavy atom. The lowest BCUT2D eigenvalue weighted by Gasteiger charge is -2.43. The van der Waals surface area contributed by atoms with Gasteiger partial charge < -0.3 is 9.53 Å². The van der Waals surface area contributed by atoms with Crippen molar-refractivity contribution in [3.05, 3.63) is 60.7 Å². The Hall–Kier alpha value is -1.42. The zero-order valence-corrected chi connectivity index (χ0v) is 17.0. The maximum atomic E-state index is 9.15. The molecule has 0 aliphatic rings. The van der Waals surface area contributed by atoms with E-state index < -0.39 is 8.32 Å². The second-order valence-corrected chi connectivity index (χ2v) is 12.2. The Morgan fingerprint density at radius 2 is 1.36 bits per heavy atom. The van der Waals surface area contributed by atoms with Crippen LogP contribution in [0.2, 0.25) is 5.04 Å². The quantitative estimate of drug-likeness (QED) is 0.725. The lowest BCUT2D eigenvalue weighted by molar-refractivity contribution is 0.227. The minimum atomic E-state index is -2.40. The Balaban J connectivity index is 2.42. The van der Waals surface area contributed by atoms with E-state index in [4.69, 9.17) is 9.53 Å². The first-order valence-corrected chi connectivity index (χ1v) is 11.2. The van der Waals surface area contributed by atoms with Crippen molar-refractivity contribution in [3.8, 4) is 0 Å². The Labute approximate surface area is 154 Å². The van der Waals surface area contributed by atoms with E-state index in [0.29, 0.717) is 5.92 Å². The average molecular weight is 357 g/mol. The highest BCUT2D eigenvalue weighted by Crippen LogP contribution is 2.36. The van der Waals surface area contributed by atoms with Crippen LogP contribution in [0, 0.1) is 5.92 Å². The summed E-state index contributed by atoms with van der Waals surface area (Å²) in [5.41, 5.74) is 0. The Kier molecular flexibility index (Phi) is 7.00.